The van der Waals surface area contributed by atoms with Gasteiger partial charge in [-0.3, -0.25) is 4.79 Å². The van der Waals surface area contributed by atoms with E-state index in [4.69, 9.17) is 21.1 Å². The van der Waals surface area contributed by atoms with Crippen molar-refractivity contribution in [1.82, 2.24) is 10.6 Å². The van der Waals surface area contributed by atoms with Crippen LogP contribution in [0.4, 0.5) is 0 Å². The molecule has 1 aromatic carbocycles. The summed E-state index contributed by atoms with van der Waals surface area (Å²) in [5.41, 5.74) is 0.497. The molecule has 0 aliphatic carbocycles. The topological polar surface area (TPSA) is 59.6 Å². The Bertz CT molecular complexity index is 535. The third-order valence-corrected chi connectivity index (χ3v) is 4.11. The highest BCUT2D eigenvalue weighted by Crippen LogP contribution is 2.39. The highest BCUT2D eigenvalue weighted by molar-refractivity contribution is 6.32. The second-order valence-corrected chi connectivity index (χ2v) is 5.65. The van der Waals surface area contributed by atoms with Crippen molar-refractivity contribution in [2.75, 3.05) is 19.9 Å². The van der Waals surface area contributed by atoms with E-state index >= 15 is 0 Å². The van der Waals surface area contributed by atoms with Gasteiger partial charge in [-0.05, 0) is 31.0 Å². The molecule has 1 aromatic rings. The fourth-order valence-corrected chi connectivity index (χ4v) is 2.80. The number of fused-ring (bicyclic) bond motifs is 1. The molecule has 20 heavy (non-hydrogen) atoms. The first-order valence-corrected chi connectivity index (χ1v) is 7.13. The molecule has 108 valence electrons. The highest BCUT2D eigenvalue weighted by Gasteiger charge is 2.25. The Morgan fingerprint density at radius 2 is 2.30 bits per heavy atom. The smallest absolute Gasteiger partial charge is 0.251 e. The number of carbonyl (C=O) groups excluding carboxylic acids is 1. The lowest BCUT2D eigenvalue weighted by molar-refractivity contribution is 0.0915. The van der Waals surface area contributed by atoms with Gasteiger partial charge in [-0.1, -0.05) is 18.5 Å². The van der Waals surface area contributed by atoms with E-state index in [9.17, 15) is 4.79 Å². The molecule has 2 N–H and O–H groups in total. The quantitative estimate of drug-likeness (QED) is 0.874. The van der Waals surface area contributed by atoms with Gasteiger partial charge < -0.3 is 20.1 Å². The van der Waals surface area contributed by atoms with Crippen molar-refractivity contribution >= 4 is 17.5 Å². The fourth-order valence-electron chi connectivity index (χ4n) is 2.53. The molecule has 5 nitrogen and oxygen atoms in total. The zero-order chi connectivity index (χ0) is 14.1. The lowest BCUT2D eigenvalue weighted by Gasteiger charge is -2.30. The van der Waals surface area contributed by atoms with Gasteiger partial charge >= 0.3 is 0 Å². The molecule has 0 saturated carbocycles. The summed E-state index contributed by atoms with van der Waals surface area (Å²) in [6, 6.07) is 3.43. The van der Waals surface area contributed by atoms with Crippen LogP contribution in [-0.4, -0.2) is 31.8 Å². The van der Waals surface area contributed by atoms with Crippen molar-refractivity contribution in [1.29, 1.82) is 0 Å². The Hall–Kier alpha value is -1.46. The number of hydrogen-bond donors (Lipinski definition) is 2. The third kappa shape index (κ3) is 2.55. The average molecular weight is 297 g/mol. The molecule has 1 fully saturated rings. The summed E-state index contributed by atoms with van der Waals surface area (Å²) in [7, 11) is 0. The first-order valence-electron chi connectivity index (χ1n) is 6.76. The highest BCUT2D eigenvalue weighted by atomic mass is 35.5. The van der Waals surface area contributed by atoms with E-state index in [0.29, 0.717) is 28.0 Å². The summed E-state index contributed by atoms with van der Waals surface area (Å²) in [5.74, 6) is 1.36. The Labute approximate surface area is 122 Å². The third-order valence-electron chi connectivity index (χ3n) is 3.83. The molecule has 0 aromatic heterocycles. The van der Waals surface area contributed by atoms with Gasteiger partial charge in [0.1, 0.15) is 0 Å². The Kier molecular flexibility index (Phi) is 3.72. The molecule has 3 rings (SSSR count). The minimum absolute atomic E-state index is 0.134. The van der Waals surface area contributed by atoms with Gasteiger partial charge in [-0.25, -0.2) is 0 Å². The average Bonchev–Trinajstić information content (AvgIpc) is 2.90. The van der Waals surface area contributed by atoms with Crippen molar-refractivity contribution in [3.63, 3.8) is 0 Å². The van der Waals surface area contributed by atoms with E-state index in [0.717, 1.165) is 19.5 Å². The monoisotopic (exact) mass is 296 g/mol. The zero-order valence-corrected chi connectivity index (χ0v) is 12.0. The van der Waals surface area contributed by atoms with Crippen molar-refractivity contribution in [3.8, 4) is 11.5 Å². The summed E-state index contributed by atoms with van der Waals surface area (Å²) >= 11 is 6.09. The van der Waals surface area contributed by atoms with E-state index in [-0.39, 0.29) is 18.7 Å². The van der Waals surface area contributed by atoms with Gasteiger partial charge in [-0.2, -0.15) is 0 Å². The maximum atomic E-state index is 12.3. The molecule has 0 bridgehead atoms. The van der Waals surface area contributed by atoms with Crippen molar-refractivity contribution in [2.24, 2.45) is 5.92 Å². The maximum absolute atomic E-state index is 12.3. The van der Waals surface area contributed by atoms with Gasteiger partial charge in [0.25, 0.3) is 5.91 Å². The molecule has 2 unspecified atom stereocenters. The van der Waals surface area contributed by atoms with Crippen molar-refractivity contribution in [3.05, 3.63) is 22.7 Å². The lowest BCUT2D eigenvalue weighted by Crippen LogP contribution is -2.50. The molecule has 1 amide bonds. The van der Waals surface area contributed by atoms with Gasteiger partial charge in [0.2, 0.25) is 6.79 Å². The predicted molar refractivity (Wildman–Crippen MR) is 75.5 cm³/mol. The van der Waals surface area contributed by atoms with Crippen LogP contribution in [0.3, 0.4) is 0 Å². The number of amides is 1. The second-order valence-electron chi connectivity index (χ2n) is 5.24. The summed E-state index contributed by atoms with van der Waals surface area (Å²) in [4.78, 5) is 12.3. The number of carbonyl (C=O) groups is 1. The molecule has 1 saturated heterocycles. The fraction of sp³-hybridized carbons (Fsp3) is 0.500. The first-order chi connectivity index (χ1) is 9.65. The summed E-state index contributed by atoms with van der Waals surface area (Å²) in [6.07, 6.45) is 1.06. The Balaban J connectivity index is 1.75. The molecule has 0 radical (unpaired) electrons. The standard InChI is InChI=1S/C14H17ClN2O3/c1-8-2-3-16-6-11(8)17-14(18)9-4-10(15)13-12(5-9)19-7-20-13/h4-5,8,11,16H,2-3,6-7H2,1H3,(H,17,18). The van der Waals surface area contributed by atoms with Gasteiger partial charge in [-0.15, -0.1) is 0 Å². The van der Waals surface area contributed by atoms with E-state index < -0.39 is 0 Å². The Morgan fingerprint density at radius 1 is 1.45 bits per heavy atom. The number of rotatable bonds is 2. The number of benzene rings is 1. The van der Waals surface area contributed by atoms with E-state index in [1.54, 1.807) is 12.1 Å². The molecule has 2 atom stereocenters. The normalized spacial score (nSPS) is 24.5. The maximum Gasteiger partial charge on any atom is 0.251 e. The van der Waals surface area contributed by atoms with E-state index in [1.165, 1.54) is 0 Å². The minimum Gasteiger partial charge on any atom is -0.454 e. The molecule has 2 heterocycles. The molecule has 2 aliphatic rings. The summed E-state index contributed by atoms with van der Waals surface area (Å²) < 4.78 is 10.5. The van der Waals surface area contributed by atoms with E-state index in [2.05, 4.69) is 17.6 Å². The number of nitrogens with one attached hydrogen (secondary N) is 2. The van der Waals surface area contributed by atoms with Gasteiger partial charge in [0.15, 0.2) is 11.5 Å². The van der Waals surface area contributed by atoms with Crippen molar-refractivity contribution in [2.45, 2.75) is 19.4 Å². The SMILES string of the molecule is CC1CCNCC1NC(=O)c1cc(Cl)c2c(c1)OCO2. The number of ether oxygens (including phenoxy) is 2. The first kappa shape index (κ1) is 13.5. The molecule has 2 aliphatic heterocycles. The minimum atomic E-state index is -0.134. The van der Waals surface area contributed by atoms with Crippen LogP contribution in [0.25, 0.3) is 0 Å². The number of halogens is 1. The molecule has 0 spiro atoms. The van der Waals surface area contributed by atoms with E-state index in [1.807, 2.05) is 0 Å². The van der Waals surface area contributed by atoms with Crippen LogP contribution in [0, 0.1) is 5.92 Å². The van der Waals surface area contributed by atoms with Gasteiger partial charge in [0, 0.05) is 18.2 Å². The van der Waals surface area contributed by atoms with Crippen LogP contribution in [0.15, 0.2) is 12.1 Å². The number of piperidine rings is 1. The molecular formula is C14H17ClN2O3. The number of hydrogen-bond acceptors (Lipinski definition) is 4. The largest absolute Gasteiger partial charge is 0.454 e. The van der Waals surface area contributed by atoms with Crippen LogP contribution in [-0.2, 0) is 0 Å². The van der Waals surface area contributed by atoms with Crippen LogP contribution >= 0.6 is 11.6 Å². The van der Waals surface area contributed by atoms with Crippen molar-refractivity contribution < 1.29 is 14.3 Å². The second kappa shape index (κ2) is 5.50. The predicted octanol–water partition coefficient (Wildman–Crippen LogP) is 1.80. The summed E-state index contributed by atoms with van der Waals surface area (Å²) in [6.45, 7) is 4.09. The molecule has 6 heteroatoms. The zero-order valence-electron chi connectivity index (χ0n) is 11.2. The van der Waals surface area contributed by atoms with Gasteiger partial charge in [0.05, 0.1) is 5.02 Å². The molecular weight excluding hydrogens is 280 g/mol. The van der Waals surface area contributed by atoms with Crippen LogP contribution in [0.5, 0.6) is 11.5 Å². The lowest BCUT2D eigenvalue weighted by atomic mass is 9.94. The van der Waals surface area contributed by atoms with Crippen LogP contribution in [0.2, 0.25) is 5.02 Å². The Morgan fingerprint density at radius 3 is 3.10 bits per heavy atom. The van der Waals surface area contributed by atoms with Crippen LogP contribution in [0.1, 0.15) is 23.7 Å². The van der Waals surface area contributed by atoms with Crippen LogP contribution < -0.4 is 20.1 Å². The summed E-state index contributed by atoms with van der Waals surface area (Å²) in [5, 5.41) is 6.74.